The second-order valence-electron chi connectivity index (χ2n) is 9.27. The van der Waals surface area contributed by atoms with Gasteiger partial charge < -0.3 is 9.47 Å². The van der Waals surface area contributed by atoms with Gasteiger partial charge in [0.05, 0.1) is 24.3 Å². The van der Waals surface area contributed by atoms with Gasteiger partial charge >= 0.3 is 11.9 Å². The molecule has 182 valence electrons. The SMILES string of the molecule is CCCCC(CCC)CCOC(=O)c1ccccc1C(=O)OCC(CCC)CC(C)CC. The molecule has 0 aromatic heterocycles. The zero-order chi connectivity index (χ0) is 23.8. The first-order valence-electron chi connectivity index (χ1n) is 12.9. The van der Waals surface area contributed by atoms with Crippen molar-refractivity contribution in [2.45, 2.75) is 98.8 Å². The maximum atomic E-state index is 12.8. The first-order valence-corrected chi connectivity index (χ1v) is 12.9. The molecule has 1 aromatic carbocycles. The van der Waals surface area contributed by atoms with Crippen molar-refractivity contribution in [1.29, 1.82) is 0 Å². The van der Waals surface area contributed by atoms with Crippen molar-refractivity contribution in [2.75, 3.05) is 13.2 Å². The molecule has 3 unspecified atom stereocenters. The third-order valence-corrected chi connectivity index (χ3v) is 6.37. The Morgan fingerprint density at radius 1 is 0.781 bits per heavy atom. The molecule has 3 atom stereocenters. The van der Waals surface area contributed by atoms with Crippen molar-refractivity contribution in [3.05, 3.63) is 35.4 Å². The van der Waals surface area contributed by atoms with Crippen LogP contribution in [0.15, 0.2) is 24.3 Å². The molecular weight excluding hydrogens is 400 g/mol. The third-order valence-electron chi connectivity index (χ3n) is 6.37. The van der Waals surface area contributed by atoms with Gasteiger partial charge in [0.2, 0.25) is 0 Å². The lowest BCUT2D eigenvalue weighted by Gasteiger charge is -2.20. The second kappa shape index (κ2) is 16.7. The fourth-order valence-electron chi connectivity index (χ4n) is 4.25. The highest BCUT2D eigenvalue weighted by Crippen LogP contribution is 2.22. The van der Waals surface area contributed by atoms with Gasteiger partial charge in [-0.25, -0.2) is 9.59 Å². The lowest BCUT2D eigenvalue weighted by Crippen LogP contribution is -2.19. The molecule has 0 N–H and O–H groups in total. The van der Waals surface area contributed by atoms with E-state index in [0.717, 1.165) is 44.9 Å². The van der Waals surface area contributed by atoms with Crippen LogP contribution in [0.3, 0.4) is 0 Å². The molecule has 0 fully saturated rings. The predicted molar refractivity (Wildman–Crippen MR) is 132 cm³/mol. The van der Waals surface area contributed by atoms with Gasteiger partial charge in [0, 0.05) is 0 Å². The lowest BCUT2D eigenvalue weighted by molar-refractivity contribution is 0.0389. The summed E-state index contributed by atoms with van der Waals surface area (Å²) in [6, 6.07) is 6.83. The van der Waals surface area contributed by atoms with Crippen LogP contribution in [0.5, 0.6) is 0 Å². The molecule has 0 amide bonds. The first kappa shape index (κ1) is 28.2. The maximum Gasteiger partial charge on any atom is 0.339 e. The molecule has 0 aliphatic heterocycles. The molecule has 0 saturated carbocycles. The van der Waals surface area contributed by atoms with Gasteiger partial charge in [0.1, 0.15) is 0 Å². The van der Waals surface area contributed by atoms with Crippen LogP contribution in [0.2, 0.25) is 0 Å². The number of hydrogen-bond acceptors (Lipinski definition) is 4. The molecule has 32 heavy (non-hydrogen) atoms. The van der Waals surface area contributed by atoms with Gasteiger partial charge in [-0.2, -0.15) is 0 Å². The van der Waals surface area contributed by atoms with Crippen LogP contribution in [-0.4, -0.2) is 25.2 Å². The Kier molecular flexibility index (Phi) is 14.8. The van der Waals surface area contributed by atoms with Crippen molar-refractivity contribution in [3.8, 4) is 0 Å². The zero-order valence-corrected chi connectivity index (χ0v) is 21.2. The smallest absolute Gasteiger partial charge is 0.339 e. The monoisotopic (exact) mass is 446 g/mol. The average Bonchev–Trinajstić information content (AvgIpc) is 2.80. The normalized spacial score (nSPS) is 13.9. The summed E-state index contributed by atoms with van der Waals surface area (Å²) in [5, 5.41) is 0. The Morgan fingerprint density at radius 2 is 1.38 bits per heavy atom. The Hall–Kier alpha value is -1.84. The molecule has 4 nitrogen and oxygen atoms in total. The predicted octanol–water partition coefficient (Wildman–Crippen LogP) is 7.85. The van der Waals surface area contributed by atoms with Crippen LogP contribution in [0.1, 0.15) is 120 Å². The van der Waals surface area contributed by atoms with E-state index in [1.54, 1.807) is 24.3 Å². The Balaban J connectivity index is 2.68. The van der Waals surface area contributed by atoms with Crippen molar-refractivity contribution < 1.29 is 19.1 Å². The van der Waals surface area contributed by atoms with Gasteiger partial charge in [0.15, 0.2) is 0 Å². The molecule has 4 heteroatoms. The maximum absolute atomic E-state index is 12.8. The quantitative estimate of drug-likeness (QED) is 0.229. The molecule has 0 spiro atoms. The lowest BCUT2D eigenvalue weighted by atomic mass is 9.91. The van der Waals surface area contributed by atoms with Gasteiger partial charge in [-0.05, 0) is 49.1 Å². The molecule has 0 bridgehead atoms. The molecule has 1 rings (SSSR count). The third kappa shape index (κ3) is 10.7. The zero-order valence-electron chi connectivity index (χ0n) is 21.2. The van der Waals surface area contributed by atoms with E-state index in [2.05, 4.69) is 34.6 Å². The van der Waals surface area contributed by atoms with Crippen molar-refractivity contribution in [2.24, 2.45) is 17.8 Å². The fraction of sp³-hybridized carbons (Fsp3) is 0.714. The van der Waals surface area contributed by atoms with Crippen molar-refractivity contribution >= 4 is 11.9 Å². The number of ether oxygens (including phenoxy) is 2. The largest absolute Gasteiger partial charge is 0.462 e. The van der Waals surface area contributed by atoms with Gasteiger partial charge in [-0.1, -0.05) is 91.7 Å². The topological polar surface area (TPSA) is 52.6 Å². The number of esters is 2. The van der Waals surface area contributed by atoms with Crippen molar-refractivity contribution in [3.63, 3.8) is 0 Å². The molecule has 0 heterocycles. The highest BCUT2D eigenvalue weighted by molar-refractivity contribution is 6.03. The van der Waals surface area contributed by atoms with Crippen LogP contribution in [0.4, 0.5) is 0 Å². The van der Waals surface area contributed by atoms with E-state index >= 15 is 0 Å². The van der Waals surface area contributed by atoms with E-state index < -0.39 is 11.9 Å². The summed E-state index contributed by atoms with van der Waals surface area (Å²) in [5.74, 6) is 0.689. The standard InChI is InChI=1S/C28H46O4/c1-6-10-15-23(13-7-2)18-19-31-27(29)25-16-11-12-17-26(25)28(30)32-21-24(14-8-3)20-22(5)9-4/h11-12,16-17,22-24H,6-10,13-15,18-21H2,1-5H3. The molecule has 0 aliphatic rings. The van der Waals surface area contributed by atoms with E-state index in [9.17, 15) is 9.59 Å². The molecule has 1 aromatic rings. The highest BCUT2D eigenvalue weighted by atomic mass is 16.5. The highest BCUT2D eigenvalue weighted by Gasteiger charge is 2.21. The first-order chi connectivity index (χ1) is 15.5. The van der Waals surface area contributed by atoms with E-state index in [0.29, 0.717) is 42.1 Å². The Morgan fingerprint density at radius 3 is 1.94 bits per heavy atom. The summed E-state index contributed by atoms with van der Waals surface area (Å²) < 4.78 is 11.2. The number of carbonyl (C=O) groups excluding carboxylic acids is 2. The van der Waals surface area contributed by atoms with Crippen LogP contribution < -0.4 is 0 Å². The summed E-state index contributed by atoms with van der Waals surface area (Å²) in [7, 11) is 0. The molecular formula is C28H46O4. The van der Waals surface area contributed by atoms with E-state index in [-0.39, 0.29) is 0 Å². The second-order valence-corrected chi connectivity index (χ2v) is 9.27. The van der Waals surface area contributed by atoms with Crippen molar-refractivity contribution in [1.82, 2.24) is 0 Å². The number of rotatable bonds is 17. The van der Waals surface area contributed by atoms with Gasteiger partial charge in [0.25, 0.3) is 0 Å². The van der Waals surface area contributed by atoms with Crippen LogP contribution >= 0.6 is 0 Å². The van der Waals surface area contributed by atoms with Gasteiger partial charge in [-0.3, -0.25) is 0 Å². The number of benzene rings is 1. The van der Waals surface area contributed by atoms with E-state index in [4.69, 9.17) is 9.47 Å². The molecule has 0 saturated heterocycles. The fourth-order valence-corrected chi connectivity index (χ4v) is 4.25. The van der Waals surface area contributed by atoms with Gasteiger partial charge in [-0.15, -0.1) is 0 Å². The summed E-state index contributed by atoms with van der Waals surface area (Å²) in [6.07, 6.45) is 11.1. The van der Waals surface area contributed by atoms with Crippen LogP contribution in [0.25, 0.3) is 0 Å². The Bertz CT molecular complexity index is 655. The number of unbranched alkanes of at least 4 members (excludes halogenated alkanes) is 1. The minimum absolute atomic E-state index is 0.298. The number of hydrogen-bond donors (Lipinski definition) is 0. The van der Waals surface area contributed by atoms with E-state index in [1.807, 2.05) is 0 Å². The minimum Gasteiger partial charge on any atom is -0.462 e. The average molecular weight is 447 g/mol. The number of carbonyl (C=O) groups is 2. The Labute approximate surface area is 196 Å². The van der Waals surface area contributed by atoms with Crippen LogP contribution in [0, 0.1) is 17.8 Å². The molecule has 0 aliphatic carbocycles. The summed E-state index contributed by atoms with van der Waals surface area (Å²) >= 11 is 0. The summed E-state index contributed by atoms with van der Waals surface area (Å²) in [6.45, 7) is 11.8. The van der Waals surface area contributed by atoms with Crippen LogP contribution in [-0.2, 0) is 9.47 Å². The molecule has 0 radical (unpaired) electrons. The minimum atomic E-state index is -0.437. The summed E-state index contributed by atoms with van der Waals surface area (Å²) in [4.78, 5) is 25.5. The summed E-state index contributed by atoms with van der Waals surface area (Å²) in [5.41, 5.74) is 0.597. The van der Waals surface area contributed by atoms with E-state index in [1.165, 1.54) is 19.3 Å².